The van der Waals surface area contributed by atoms with Crippen LogP contribution in [-0.4, -0.2) is 31.2 Å². The van der Waals surface area contributed by atoms with Crippen molar-refractivity contribution in [3.8, 4) is 6.07 Å². The van der Waals surface area contributed by atoms with Crippen LogP contribution in [0, 0.1) is 11.3 Å². The van der Waals surface area contributed by atoms with Gasteiger partial charge in [0.05, 0.1) is 6.54 Å². The van der Waals surface area contributed by atoms with Crippen molar-refractivity contribution in [3.05, 3.63) is 35.9 Å². The molecule has 0 bridgehead atoms. The fraction of sp³-hybridized carbons (Fsp3) is 0.231. The molecule has 0 aliphatic rings. The third kappa shape index (κ3) is 5.18. The van der Waals surface area contributed by atoms with Gasteiger partial charge >= 0.3 is 0 Å². The summed E-state index contributed by atoms with van der Waals surface area (Å²) in [5.74, 6) is -1.12. The van der Waals surface area contributed by atoms with Gasteiger partial charge in [-0.3, -0.25) is 9.59 Å². The molecule has 0 heterocycles. The van der Waals surface area contributed by atoms with E-state index in [1.807, 2.05) is 30.3 Å². The summed E-state index contributed by atoms with van der Waals surface area (Å²) in [7, 11) is 1.22. The van der Waals surface area contributed by atoms with Crippen LogP contribution < -0.4 is 10.6 Å². The topological polar surface area (TPSA) is 104 Å². The predicted octanol–water partition coefficient (Wildman–Crippen LogP) is -0.0550. The van der Waals surface area contributed by atoms with Crippen LogP contribution in [0.2, 0.25) is 0 Å². The van der Waals surface area contributed by atoms with E-state index in [1.54, 1.807) is 6.07 Å². The molecule has 1 aromatic rings. The number of nitriles is 1. The third-order valence-electron chi connectivity index (χ3n) is 2.25. The van der Waals surface area contributed by atoms with Gasteiger partial charge in [0.2, 0.25) is 11.6 Å². The molecular formula is C13H14N4O3. The molecule has 20 heavy (non-hydrogen) atoms. The molecule has 0 spiro atoms. The Balaban J connectivity index is 2.35. The Morgan fingerprint density at radius 3 is 2.60 bits per heavy atom. The highest BCUT2D eigenvalue weighted by molar-refractivity contribution is 6.45. The average Bonchev–Trinajstić information content (AvgIpc) is 2.49. The van der Waals surface area contributed by atoms with Crippen LogP contribution >= 0.6 is 0 Å². The molecule has 1 rings (SSSR count). The highest BCUT2D eigenvalue weighted by atomic mass is 16.6. The van der Waals surface area contributed by atoms with Gasteiger partial charge in [0.15, 0.2) is 0 Å². The summed E-state index contributed by atoms with van der Waals surface area (Å²) in [6.07, 6.45) is 0. The maximum absolute atomic E-state index is 11.5. The van der Waals surface area contributed by atoms with Gasteiger partial charge in [0.25, 0.3) is 5.91 Å². The van der Waals surface area contributed by atoms with Gasteiger partial charge in [-0.25, -0.2) is 0 Å². The van der Waals surface area contributed by atoms with Crippen molar-refractivity contribution in [2.45, 2.75) is 6.54 Å². The number of hydrogen-bond donors (Lipinski definition) is 2. The number of benzene rings is 1. The van der Waals surface area contributed by atoms with Crippen molar-refractivity contribution in [2.24, 2.45) is 5.16 Å². The summed E-state index contributed by atoms with van der Waals surface area (Å²) in [4.78, 5) is 27.3. The summed E-state index contributed by atoms with van der Waals surface area (Å²) in [5, 5.41) is 16.8. The van der Waals surface area contributed by atoms with E-state index in [2.05, 4.69) is 20.6 Å². The monoisotopic (exact) mass is 274 g/mol. The SMILES string of the molecule is CO/N=C(/C#N)C(=O)NCC(=O)NCc1ccccc1. The molecule has 2 amide bonds. The second-order valence-electron chi connectivity index (χ2n) is 3.68. The molecule has 2 N–H and O–H groups in total. The quantitative estimate of drug-likeness (QED) is 0.560. The van der Waals surface area contributed by atoms with Gasteiger partial charge in [-0.1, -0.05) is 35.5 Å². The van der Waals surface area contributed by atoms with E-state index >= 15 is 0 Å². The van der Waals surface area contributed by atoms with Crippen LogP contribution in [0.4, 0.5) is 0 Å². The van der Waals surface area contributed by atoms with E-state index in [9.17, 15) is 9.59 Å². The van der Waals surface area contributed by atoms with Gasteiger partial charge in [-0.05, 0) is 5.56 Å². The van der Waals surface area contributed by atoms with Crippen LogP contribution in [0.25, 0.3) is 0 Å². The Hall–Kier alpha value is -2.88. The Morgan fingerprint density at radius 2 is 2.00 bits per heavy atom. The zero-order chi connectivity index (χ0) is 14.8. The maximum Gasteiger partial charge on any atom is 0.284 e. The lowest BCUT2D eigenvalue weighted by Gasteiger charge is -2.06. The first-order valence-electron chi connectivity index (χ1n) is 5.77. The normalized spacial score (nSPS) is 10.3. The van der Waals surface area contributed by atoms with Gasteiger partial charge in [0.1, 0.15) is 13.2 Å². The van der Waals surface area contributed by atoms with E-state index in [0.717, 1.165) is 5.56 Å². The van der Waals surface area contributed by atoms with Gasteiger partial charge < -0.3 is 15.5 Å². The average molecular weight is 274 g/mol. The van der Waals surface area contributed by atoms with Crippen molar-refractivity contribution < 1.29 is 14.4 Å². The molecule has 0 fully saturated rings. The van der Waals surface area contributed by atoms with Crippen LogP contribution in [0.1, 0.15) is 5.56 Å². The molecular weight excluding hydrogens is 260 g/mol. The summed E-state index contributed by atoms with van der Waals surface area (Å²) >= 11 is 0. The van der Waals surface area contributed by atoms with Crippen molar-refractivity contribution >= 4 is 17.5 Å². The molecule has 0 aliphatic heterocycles. The first kappa shape index (κ1) is 15.2. The summed E-state index contributed by atoms with van der Waals surface area (Å²) in [6, 6.07) is 10.9. The molecule has 0 saturated carbocycles. The first-order chi connectivity index (χ1) is 9.67. The number of carbonyl (C=O) groups is 2. The van der Waals surface area contributed by atoms with E-state index in [1.165, 1.54) is 7.11 Å². The van der Waals surface area contributed by atoms with Crippen LogP contribution in [0.15, 0.2) is 35.5 Å². The number of nitrogens with one attached hydrogen (secondary N) is 2. The minimum absolute atomic E-state index is 0.240. The lowest BCUT2D eigenvalue weighted by Crippen LogP contribution is -2.39. The van der Waals surface area contributed by atoms with Gasteiger partial charge in [-0.2, -0.15) is 5.26 Å². The third-order valence-corrected chi connectivity index (χ3v) is 2.25. The standard InChI is InChI=1S/C13H14N4O3/c1-20-17-11(7-14)13(19)16-9-12(18)15-8-10-5-3-2-4-6-10/h2-6H,8-9H2,1H3,(H,15,18)(H,16,19)/b17-11-. The minimum atomic E-state index is -0.760. The number of carbonyl (C=O) groups excluding carboxylic acids is 2. The molecule has 7 nitrogen and oxygen atoms in total. The number of rotatable bonds is 6. The zero-order valence-electron chi connectivity index (χ0n) is 10.9. The summed E-state index contributed by atoms with van der Waals surface area (Å²) in [5.41, 5.74) is 0.509. The molecule has 0 aliphatic carbocycles. The molecule has 0 unspecified atom stereocenters. The van der Waals surface area contributed by atoms with E-state index in [0.29, 0.717) is 6.54 Å². The molecule has 104 valence electrons. The van der Waals surface area contributed by atoms with Crippen molar-refractivity contribution in [3.63, 3.8) is 0 Å². The zero-order valence-corrected chi connectivity index (χ0v) is 10.9. The van der Waals surface area contributed by atoms with Crippen molar-refractivity contribution in [1.29, 1.82) is 5.26 Å². The molecule has 0 atom stereocenters. The lowest BCUT2D eigenvalue weighted by molar-refractivity contribution is -0.123. The highest BCUT2D eigenvalue weighted by Crippen LogP contribution is 1.96. The molecule has 1 aromatic carbocycles. The van der Waals surface area contributed by atoms with Gasteiger partial charge in [-0.15, -0.1) is 0 Å². The molecule has 0 radical (unpaired) electrons. The van der Waals surface area contributed by atoms with Gasteiger partial charge in [0, 0.05) is 6.54 Å². The number of hydrogen-bond acceptors (Lipinski definition) is 5. The van der Waals surface area contributed by atoms with E-state index in [4.69, 9.17) is 5.26 Å². The molecule has 0 saturated heterocycles. The van der Waals surface area contributed by atoms with Crippen molar-refractivity contribution in [1.82, 2.24) is 10.6 Å². The fourth-order valence-corrected chi connectivity index (χ4v) is 1.31. The first-order valence-corrected chi connectivity index (χ1v) is 5.77. The van der Waals surface area contributed by atoms with E-state index in [-0.39, 0.29) is 12.5 Å². The summed E-state index contributed by atoms with van der Waals surface area (Å²) < 4.78 is 0. The minimum Gasteiger partial charge on any atom is -0.398 e. The Bertz CT molecular complexity index is 534. The predicted molar refractivity (Wildman–Crippen MR) is 71.4 cm³/mol. The number of oxime groups is 1. The lowest BCUT2D eigenvalue weighted by atomic mass is 10.2. The second kappa shape index (κ2) is 8.26. The number of amides is 2. The highest BCUT2D eigenvalue weighted by Gasteiger charge is 2.12. The van der Waals surface area contributed by atoms with Crippen LogP contribution in [-0.2, 0) is 21.0 Å². The maximum atomic E-state index is 11.5. The van der Waals surface area contributed by atoms with Crippen molar-refractivity contribution in [2.75, 3.05) is 13.7 Å². The summed E-state index contributed by atoms with van der Waals surface area (Å²) in [6.45, 7) is 0.128. The molecule has 7 heteroatoms. The molecule has 0 aromatic heterocycles. The number of nitrogens with zero attached hydrogens (tertiary/aromatic N) is 2. The van der Waals surface area contributed by atoms with Crippen LogP contribution in [0.3, 0.4) is 0 Å². The van der Waals surface area contributed by atoms with Crippen LogP contribution in [0.5, 0.6) is 0 Å². The Morgan fingerprint density at radius 1 is 1.30 bits per heavy atom. The smallest absolute Gasteiger partial charge is 0.284 e. The fourth-order valence-electron chi connectivity index (χ4n) is 1.31. The second-order valence-corrected chi connectivity index (χ2v) is 3.68. The van der Waals surface area contributed by atoms with E-state index < -0.39 is 11.6 Å². The largest absolute Gasteiger partial charge is 0.398 e. The Kier molecular flexibility index (Phi) is 6.27. The Labute approximate surface area is 116 Å².